The second-order valence-corrected chi connectivity index (χ2v) is 5.14. The van der Waals surface area contributed by atoms with Gasteiger partial charge in [-0.25, -0.2) is 4.79 Å². The van der Waals surface area contributed by atoms with Crippen molar-refractivity contribution in [3.8, 4) is 17.2 Å². The van der Waals surface area contributed by atoms with E-state index in [0.717, 1.165) is 11.1 Å². The second-order valence-electron chi connectivity index (χ2n) is 5.14. The molecule has 2 rings (SSSR count). The smallest absolute Gasteiger partial charge is 0.336 e. The number of esters is 1. The molecule has 0 aliphatic rings. The van der Waals surface area contributed by atoms with Gasteiger partial charge in [-0.1, -0.05) is 23.8 Å². The molecule has 0 fully saturated rings. The summed E-state index contributed by atoms with van der Waals surface area (Å²) in [6, 6.07) is 12.9. The molecule has 0 radical (unpaired) electrons. The van der Waals surface area contributed by atoms with E-state index in [-0.39, 0.29) is 0 Å². The number of rotatable bonds is 7. The molecule has 126 valence electrons. The van der Waals surface area contributed by atoms with Crippen LogP contribution < -0.4 is 14.2 Å². The molecule has 2 aromatic carbocycles. The molecule has 0 aromatic heterocycles. The molecule has 24 heavy (non-hydrogen) atoms. The van der Waals surface area contributed by atoms with E-state index in [1.807, 2.05) is 51.1 Å². The lowest BCUT2D eigenvalue weighted by atomic mass is 10.2. The fraction of sp³-hybridized carbons (Fsp3) is 0.250. The summed E-state index contributed by atoms with van der Waals surface area (Å²) in [6.45, 7) is 6.93. The van der Waals surface area contributed by atoms with Gasteiger partial charge in [-0.05, 0) is 56.7 Å². The Morgan fingerprint density at radius 2 is 1.62 bits per heavy atom. The third-order valence-electron chi connectivity index (χ3n) is 3.22. The Hall–Kier alpha value is -2.75. The van der Waals surface area contributed by atoms with Crippen LogP contribution in [0.3, 0.4) is 0 Å². The first-order chi connectivity index (χ1) is 11.6. The quantitative estimate of drug-likeness (QED) is 0.429. The largest absolute Gasteiger partial charge is 0.490 e. The number of ether oxygens (including phenoxy) is 3. The van der Waals surface area contributed by atoms with E-state index >= 15 is 0 Å². The average Bonchev–Trinajstić information content (AvgIpc) is 2.57. The van der Waals surface area contributed by atoms with Crippen molar-refractivity contribution in [1.82, 2.24) is 0 Å². The van der Waals surface area contributed by atoms with E-state index in [0.29, 0.717) is 30.5 Å². The SMILES string of the molecule is CCOc1ccc(/C=C/C(=O)Oc2ccc(C)cc2)cc1OCC. The number of carbonyl (C=O) groups is 1. The summed E-state index contributed by atoms with van der Waals surface area (Å²) in [4.78, 5) is 11.9. The molecule has 0 saturated carbocycles. The summed E-state index contributed by atoms with van der Waals surface area (Å²) in [7, 11) is 0. The molecular weight excluding hydrogens is 304 g/mol. The standard InChI is InChI=1S/C20H22O4/c1-4-22-18-12-8-16(14-19(18)23-5-2)9-13-20(21)24-17-10-6-15(3)7-11-17/h6-14H,4-5H2,1-3H3/b13-9+. The fourth-order valence-corrected chi connectivity index (χ4v) is 2.09. The van der Waals surface area contributed by atoms with E-state index < -0.39 is 5.97 Å². The average molecular weight is 326 g/mol. The van der Waals surface area contributed by atoms with Gasteiger partial charge in [0.2, 0.25) is 0 Å². The second kappa shape index (κ2) is 8.77. The molecule has 0 amide bonds. The van der Waals surface area contributed by atoms with E-state index in [9.17, 15) is 4.79 Å². The Morgan fingerprint density at radius 3 is 2.29 bits per heavy atom. The van der Waals surface area contributed by atoms with Crippen LogP contribution in [0.4, 0.5) is 0 Å². The predicted molar refractivity (Wildman–Crippen MR) is 94.6 cm³/mol. The topological polar surface area (TPSA) is 44.8 Å². The van der Waals surface area contributed by atoms with Gasteiger partial charge in [0.1, 0.15) is 5.75 Å². The minimum absolute atomic E-state index is 0.425. The molecule has 0 spiro atoms. The first-order valence-electron chi connectivity index (χ1n) is 7.98. The third-order valence-corrected chi connectivity index (χ3v) is 3.22. The number of benzene rings is 2. The normalized spacial score (nSPS) is 10.6. The van der Waals surface area contributed by atoms with Crippen molar-refractivity contribution < 1.29 is 19.0 Å². The molecule has 0 N–H and O–H groups in total. The maximum absolute atomic E-state index is 11.9. The molecule has 0 aliphatic carbocycles. The van der Waals surface area contributed by atoms with Crippen LogP contribution in [0.1, 0.15) is 25.0 Å². The summed E-state index contributed by atoms with van der Waals surface area (Å²) in [5, 5.41) is 0. The Kier molecular flexibility index (Phi) is 6.43. The molecule has 0 saturated heterocycles. The minimum atomic E-state index is -0.425. The highest BCUT2D eigenvalue weighted by Gasteiger charge is 2.05. The van der Waals surface area contributed by atoms with Crippen LogP contribution in [0, 0.1) is 6.92 Å². The Bertz CT molecular complexity index is 702. The van der Waals surface area contributed by atoms with E-state index in [1.165, 1.54) is 6.08 Å². The lowest BCUT2D eigenvalue weighted by molar-refractivity contribution is -0.128. The summed E-state index contributed by atoms with van der Waals surface area (Å²) >= 11 is 0. The maximum Gasteiger partial charge on any atom is 0.336 e. The number of carbonyl (C=O) groups excluding carboxylic acids is 1. The monoisotopic (exact) mass is 326 g/mol. The van der Waals surface area contributed by atoms with Gasteiger partial charge in [0.25, 0.3) is 0 Å². The van der Waals surface area contributed by atoms with Crippen molar-refractivity contribution >= 4 is 12.0 Å². The van der Waals surface area contributed by atoms with Crippen LogP contribution in [0.15, 0.2) is 48.5 Å². The highest BCUT2D eigenvalue weighted by Crippen LogP contribution is 2.29. The van der Waals surface area contributed by atoms with Crippen LogP contribution in [0.5, 0.6) is 17.2 Å². The summed E-state index contributed by atoms with van der Waals surface area (Å²) in [6.07, 6.45) is 3.08. The fourth-order valence-electron chi connectivity index (χ4n) is 2.09. The Morgan fingerprint density at radius 1 is 0.958 bits per heavy atom. The summed E-state index contributed by atoms with van der Waals surface area (Å²) in [5.74, 6) is 1.45. The van der Waals surface area contributed by atoms with E-state index in [1.54, 1.807) is 18.2 Å². The van der Waals surface area contributed by atoms with Crippen LogP contribution in [0.2, 0.25) is 0 Å². The van der Waals surface area contributed by atoms with Gasteiger partial charge in [0.05, 0.1) is 13.2 Å². The molecule has 4 heteroatoms. The van der Waals surface area contributed by atoms with Crippen molar-refractivity contribution in [2.45, 2.75) is 20.8 Å². The van der Waals surface area contributed by atoms with Gasteiger partial charge >= 0.3 is 5.97 Å². The molecule has 0 heterocycles. The zero-order valence-electron chi connectivity index (χ0n) is 14.2. The van der Waals surface area contributed by atoms with Gasteiger partial charge < -0.3 is 14.2 Å². The highest BCUT2D eigenvalue weighted by molar-refractivity contribution is 5.88. The molecule has 4 nitrogen and oxygen atoms in total. The Balaban J connectivity index is 2.05. The zero-order valence-corrected chi connectivity index (χ0v) is 14.2. The molecular formula is C20H22O4. The minimum Gasteiger partial charge on any atom is -0.490 e. The highest BCUT2D eigenvalue weighted by atomic mass is 16.5. The van der Waals surface area contributed by atoms with Gasteiger partial charge in [-0.3, -0.25) is 0 Å². The van der Waals surface area contributed by atoms with E-state index in [4.69, 9.17) is 14.2 Å². The molecule has 2 aromatic rings. The van der Waals surface area contributed by atoms with Gasteiger partial charge in [0.15, 0.2) is 11.5 Å². The molecule has 0 unspecified atom stereocenters. The van der Waals surface area contributed by atoms with Crippen LogP contribution >= 0.6 is 0 Å². The molecule has 0 bridgehead atoms. The number of hydrogen-bond donors (Lipinski definition) is 0. The van der Waals surface area contributed by atoms with E-state index in [2.05, 4.69) is 0 Å². The molecule has 0 aliphatic heterocycles. The van der Waals surface area contributed by atoms with Crippen molar-refractivity contribution in [3.05, 3.63) is 59.7 Å². The van der Waals surface area contributed by atoms with Crippen LogP contribution in [0.25, 0.3) is 6.08 Å². The van der Waals surface area contributed by atoms with Crippen molar-refractivity contribution in [2.75, 3.05) is 13.2 Å². The third kappa shape index (κ3) is 5.16. The number of hydrogen-bond acceptors (Lipinski definition) is 4. The maximum atomic E-state index is 11.9. The first kappa shape index (κ1) is 17.6. The molecule has 0 atom stereocenters. The number of aryl methyl sites for hydroxylation is 1. The first-order valence-corrected chi connectivity index (χ1v) is 7.98. The van der Waals surface area contributed by atoms with Crippen molar-refractivity contribution in [2.24, 2.45) is 0 Å². The summed E-state index contributed by atoms with van der Waals surface area (Å²) < 4.78 is 16.3. The van der Waals surface area contributed by atoms with Crippen molar-refractivity contribution in [3.63, 3.8) is 0 Å². The van der Waals surface area contributed by atoms with Crippen molar-refractivity contribution in [1.29, 1.82) is 0 Å². The predicted octanol–water partition coefficient (Wildman–Crippen LogP) is 4.41. The lowest BCUT2D eigenvalue weighted by Gasteiger charge is -2.11. The summed E-state index contributed by atoms with van der Waals surface area (Å²) in [5.41, 5.74) is 1.95. The van der Waals surface area contributed by atoms with Crippen LogP contribution in [-0.2, 0) is 4.79 Å². The van der Waals surface area contributed by atoms with Crippen LogP contribution in [-0.4, -0.2) is 19.2 Å². The van der Waals surface area contributed by atoms with Gasteiger partial charge in [-0.15, -0.1) is 0 Å². The Labute approximate surface area is 142 Å². The van der Waals surface area contributed by atoms with Gasteiger partial charge in [0, 0.05) is 6.08 Å². The zero-order chi connectivity index (χ0) is 17.4. The van der Waals surface area contributed by atoms with Gasteiger partial charge in [-0.2, -0.15) is 0 Å². The lowest BCUT2D eigenvalue weighted by Crippen LogP contribution is -2.03.